The molecule has 2 N–H and O–H groups in total. The molecule has 134 valence electrons. The van der Waals surface area contributed by atoms with Crippen LogP contribution in [0, 0.1) is 20.8 Å². The zero-order valence-electron chi connectivity index (χ0n) is 15.1. The normalized spacial score (nSPS) is 10.5. The molecule has 0 aliphatic heterocycles. The quantitative estimate of drug-likeness (QED) is 0.663. The maximum Gasteiger partial charge on any atom is 0.249 e. The van der Waals surface area contributed by atoms with Crippen molar-refractivity contribution in [1.29, 1.82) is 0 Å². The van der Waals surface area contributed by atoms with Gasteiger partial charge in [0.2, 0.25) is 5.95 Å². The third-order valence-electron chi connectivity index (χ3n) is 3.94. The maximum absolute atomic E-state index is 6.15. The van der Waals surface area contributed by atoms with Crippen LogP contribution in [-0.4, -0.2) is 22.3 Å². The Labute approximate surface area is 157 Å². The predicted molar refractivity (Wildman–Crippen MR) is 105 cm³/mol. The molecule has 3 aromatic rings. The monoisotopic (exact) mass is 369 g/mol. The van der Waals surface area contributed by atoms with E-state index in [4.69, 9.17) is 16.3 Å². The Balaban J connectivity index is 1.86. The first-order valence-corrected chi connectivity index (χ1v) is 8.49. The molecular weight excluding hydrogens is 350 g/mol. The molecule has 0 spiro atoms. The number of anilines is 4. The predicted octanol–water partition coefficient (Wildman–Crippen LogP) is 4.95. The maximum atomic E-state index is 6.15. The van der Waals surface area contributed by atoms with Gasteiger partial charge in [0.1, 0.15) is 5.75 Å². The van der Waals surface area contributed by atoms with Crippen LogP contribution in [0.5, 0.6) is 5.75 Å². The van der Waals surface area contributed by atoms with Crippen molar-refractivity contribution in [2.75, 3.05) is 17.7 Å². The van der Waals surface area contributed by atoms with Gasteiger partial charge in [-0.15, -0.1) is 5.10 Å². The molecule has 0 saturated heterocycles. The number of methoxy groups -OCH3 is 1. The van der Waals surface area contributed by atoms with Crippen molar-refractivity contribution in [1.82, 2.24) is 15.2 Å². The van der Waals surface area contributed by atoms with Gasteiger partial charge in [-0.3, -0.25) is 0 Å². The molecule has 0 saturated carbocycles. The molecule has 1 heterocycles. The summed E-state index contributed by atoms with van der Waals surface area (Å²) in [7, 11) is 1.60. The second-order valence-corrected chi connectivity index (χ2v) is 6.44. The summed E-state index contributed by atoms with van der Waals surface area (Å²) in [6, 6.07) is 9.83. The highest BCUT2D eigenvalue weighted by Crippen LogP contribution is 2.32. The lowest BCUT2D eigenvalue weighted by molar-refractivity contribution is 0.416. The van der Waals surface area contributed by atoms with Crippen molar-refractivity contribution in [3.8, 4) is 5.75 Å². The number of nitrogens with one attached hydrogen (secondary N) is 2. The average molecular weight is 370 g/mol. The Morgan fingerprint density at radius 2 is 1.77 bits per heavy atom. The van der Waals surface area contributed by atoms with Crippen LogP contribution in [0.25, 0.3) is 0 Å². The van der Waals surface area contributed by atoms with Gasteiger partial charge in [0, 0.05) is 16.8 Å². The number of benzene rings is 2. The number of hydrogen-bond acceptors (Lipinski definition) is 6. The third kappa shape index (κ3) is 4.03. The van der Waals surface area contributed by atoms with Gasteiger partial charge >= 0.3 is 0 Å². The molecule has 3 rings (SSSR count). The summed E-state index contributed by atoms with van der Waals surface area (Å²) >= 11 is 6.15. The van der Waals surface area contributed by atoms with E-state index in [2.05, 4.69) is 37.9 Å². The van der Waals surface area contributed by atoms with E-state index in [1.165, 1.54) is 0 Å². The van der Waals surface area contributed by atoms with Crippen molar-refractivity contribution in [3.05, 3.63) is 58.2 Å². The number of hydrogen-bond donors (Lipinski definition) is 2. The van der Waals surface area contributed by atoms with E-state index in [1.54, 1.807) is 19.4 Å². The Hall–Kier alpha value is -2.86. The highest BCUT2D eigenvalue weighted by atomic mass is 35.5. The van der Waals surface area contributed by atoms with Gasteiger partial charge in [-0.05, 0) is 49.6 Å². The first-order valence-electron chi connectivity index (χ1n) is 8.11. The molecule has 0 fully saturated rings. The Bertz CT molecular complexity index is 945. The highest BCUT2D eigenvalue weighted by Gasteiger charge is 2.10. The first kappa shape index (κ1) is 17.9. The van der Waals surface area contributed by atoms with Crippen LogP contribution >= 0.6 is 11.6 Å². The number of halogens is 1. The standard InChI is InChI=1S/C19H20ClN5O/c1-11-5-6-12(2)15(7-11)23-19-24-18(10-21-25-19)22-16-8-13(3)14(20)9-17(16)26-4/h5-10H,1-4H3,(H2,22,23,24,25). The van der Waals surface area contributed by atoms with Gasteiger partial charge in [0.15, 0.2) is 5.82 Å². The Kier molecular flexibility index (Phi) is 5.23. The lowest BCUT2D eigenvalue weighted by Crippen LogP contribution is -2.04. The van der Waals surface area contributed by atoms with Crippen LogP contribution < -0.4 is 15.4 Å². The summed E-state index contributed by atoms with van der Waals surface area (Å²) in [5.74, 6) is 1.59. The highest BCUT2D eigenvalue weighted by molar-refractivity contribution is 6.31. The summed E-state index contributed by atoms with van der Waals surface area (Å²) in [5, 5.41) is 15.1. The second kappa shape index (κ2) is 7.58. The van der Waals surface area contributed by atoms with Gasteiger partial charge in [-0.2, -0.15) is 10.1 Å². The molecule has 7 heteroatoms. The minimum absolute atomic E-state index is 0.411. The zero-order chi connectivity index (χ0) is 18.7. The van der Waals surface area contributed by atoms with Crippen LogP contribution in [0.1, 0.15) is 16.7 Å². The summed E-state index contributed by atoms with van der Waals surface area (Å²) < 4.78 is 5.38. The zero-order valence-corrected chi connectivity index (χ0v) is 15.8. The van der Waals surface area contributed by atoms with E-state index in [0.29, 0.717) is 22.5 Å². The number of aromatic nitrogens is 3. The van der Waals surface area contributed by atoms with E-state index in [-0.39, 0.29) is 0 Å². The molecule has 0 amide bonds. The van der Waals surface area contributed by atoms with E-state index in [0.717, 1.165) is 28.1 Å². The van der Waals surface area contributed by atoms with Gasteiger partial charge < -0.3 is 15.4 Å². The van der Waals surface area contributed by atoms with Gasteiger partial charge in [-0.25, -0.2) is 0 Å². The van der Waals surface area contributed by atoms with Crippen LogP contribution in [0.4, 0.5) is 23.1 Å². The van der Waals surface area contributed by atoms with Crippen molar-refractivity contribution in [3.63, 3.8) is 0 Å². The van der Waals surface area contributed by atoms with E-state index in [9.17, 15) is 0 Å². The van der Waals surface area contributed by atoms with E-state index < -0.39 is 0 Å². The van der Waals surface area contributed by atoms with Crippen molar-refractivity contribution < 1.29 is 4.74 Å². The largest absolute Gasteiger partial charge is 0.495 e. The SMILES string of the molecule is COc1cc(Cl)c(C)cc1Nc1cnnc(Nc2cc(C)ccc2C)n1. The average Bonchev–Trinajstić information content (AvgIpc) is 2.61. The molecule has 0 bridgehead atoms. The lowest BCUT2D eigenvalue weighted by Gasteiger charge is -2.13. The van der Waals surface area contributed by atoms with Gasteiger partial charge in [0.05, 0.1) is 19.0 Å². The Morgan fingerprint density at radius 1 is 0.962 bits per heavy atom. The van der Waals surface area contributed by atoms with E-state index >= 15 is 0 Å². The lowest BCUT2D eigenvalue weighted by atomic mass is 10.1. The summed E-state index contributed by atoms with van der Waals surface area (Å²) in [6.07, 6.45) is 1.55. The van der Waals surface area contributed by atoms with Crippen LogP contribution in [0.15, 0.2) is 36.5 Å². The first-order chi connectivity index (χ1) is 12.5. The molecule has 0 unspecified atom stereocenters. The van der Waals surface area contributed by atoms with Crippen LogP contribution in [-0.2, 0) is 0 Å². The fourth-order valence-electron chi connectivity index (χ4n) is 2.48. The number of rotatable bonds is 5. The molecule has 6 nitrogen and oxygen atoms in total. The summed E-state index contributed by atoms with van der Waals surface area (Å²) in [6.45, 7) is 5.99. The van der Waals surface area contributed by atoms with Gasteiger partial charge in [0.25, 0.3) is 0 Å². The number of nitrogens with zero attached hydrogens (tertiary/aromatic N) is 3. The second-order valence-electron chi connectivity index (χ2n) is 6.04. The smallest absolute Gasteiger partial charge is 0.249 e. The molecule has 2 aromatic carbocycles. The van der Waals surface area contributed by atoms with Crippen LogP contribution in [0.2, 0.25) is 5.02 Å². The molecule has 0 aliphatic carbocycles. The Morgan fingerprint density at radius 3 is 2.54 bits per heavy atom. The minimum atomic E-state index is 0.411. The fourth-order valence-corrected chi connectivity index (χ4v) is 2.63. The van der Waals surface area contributed by atoms with Crippen molar-refractivity contribution in [2.45, 2.75) is 20.8 Å². The topological polar surface area (TPSA) is 72.0 Å². The minimum Gasteiger partial charge on any atom is -0.495 e. The molecule has 26 heavy (non-hydrogen) atoms. The fraction of sp³-hybridized carbons (Fsp3) is 0.211. The number of aryl methyl sites for hydroxylation is 3. The molecule has 0 aliphatic rings. The summed E-state index contributed by atoms with van der Waals surface area (Å²) in [5.41, 5.74) is 4.90. The van der Waals surface area contributed by atoms with Crippen molar-refractivity contribution in [2.24, 2.45) is 0 Å². The third-order valence-corrected chi connectivity index (χ3v) is 4.35. The molecule has 1 aromatic heterocycles. The van der Waals surface area contributed by atoms with Crippen LogP contribution in [0.3, 0.4) is 0 Å². The van der Waals surface area contributed by atoms with Gasteiger partial charge in [-0.1, -0.05) is 23.7 Å². The molecular formula is C19H20ClN5O. The van der Waals surface area contributed by atoms with Crippen molar-refractivity contribution >= 4 is 34.7 Å². The van der Waals surface area contributed by atoms with E-state index in [1.807, 2.05) is 32.9 Å². The molecule has 0 radical (unpaired) electrons. The summed E-state index contributed by atoms with van der Waals surface area (Å²) in [4.78, 5) is 4.48. The number of ether oxygens (including phenoxy) is 1. The molecule has 0 atom stereocenters.